The Bertz CT molecular complexity index is 591. The van der Waals surface area contributed by atoms with Crippen LogP contribution >= 0.6 is 0 Å². The van der Waals surface area contributed by atoms with Gasteiger partial charge in [-0.05, 0) is 36.8 Å². The van der Waals surface area contributed by atoms with Crippen molar-refractivity contribution in [3.63, 3.8) is 0 Å². The number of benzene rings is 2. The minimum atomic E-state index is -1.49. The van der Waals surface area contributed by atoms with E-state index in [0.29, 0.717) is 23.6 Å². The van der Waals surface area contributed by atoms with Crippen LogP contribution in [0.25, 0.3) is 11.1 Å². The average molecular weight is 267 g/mol. The Balaban J connectivity index is 2.58. The summed E-state index contributed by atoms with van der Waals surface area (Å²) in [5.74, 6) is -3.58. The van der Waals surface area contributed by atoms with Gasteiger partial charge >= 0.3 is 0 Å². The molecule has 0 aliphatic carbocycles. The molecule has 0 saturated carbocycles. The zero-order valence-electron chi connectivity index (χ0n) is 10.2. The lowest BCUT2D eigenvalue weighted by atomic mass is 10.0. The van der Waals surface area contributed by atoms with E-state index in [-0.39, 0.29) is 5.56 Å². The van der Waals surface area contributed by atoms with Crippen LogP contribution in [-0.2, 0) is 0 Å². The lowest BCUT2D eigenvalue weighted by Crippen LogP contribution is -1.97. The Labute approximate surface area is 108 Å². The number of anilines is 1. The summed E-state index contributed by atoms with van der Waals surface area (Å²) >= 11 is 0. The molecule has 2 N–H and O–H groups in total. The van der Waals surface area contributed by atoms with Crippen LogP contribution in [0.2, 0.25) is 0 Å². The van der Waals surface area contributed by atoms with Crippen LogP contribution < -0.4 is 10.5 Å². The Kier molecular flexibility index (Phi) is 3.64. The molecular formula is C14H12F3NO. The van der Waals surface area contributed by atoms with Crippen LogP contribution in [0.4, 0.5) is 18.9 Å². The van der Waals surface area contributed by atoms with Crippen molar-refractivity contribution in [2.45, 2.75) is 6.92 Å². The molecule has 0 bridgehead atoms. The highest BCUT2D eigenvalue weighted by Gasteiger charge is 2.14. The molecule has 5 heteroatoms. The number of nitrogen functional groups attached to an aromatic ring is 1. The van der Waals surface area contributed by atoms with Gasteiger partial charge in [0.1, 0.15) is 5.75 Å². The van der Waals surface area contributed by atoms with E-state index in [9.17, 15) is 13.2 Å². The molecule has 0 aromatic heterocycles. The third-order valence-electron chi connectivity index (χ3n) is 2.60. The maximum absolute atomic E-state index is 13.2. The van der Waals surface area contributed by atoms with E-state index < -0.39 is 17.5 Å². The van der Waals surface area contributed by atoms with Crippen LogP contribution in [0.1, 0.15) is 6.92 Å². The summed E-state index contributed by atoms with van der Waals surface area (Å²) in [6.45, 7) is 2.15. The maximum atomic E-state index is 13.2. The zero-order valence-corrected chi connectivity index (χ0v) is 10.2. The second-order valence-corrected chi connectivity index (χ2v) is 3.94. The molecule has 2 nitrogen and oxygen atoms in total. The largest absolute Gasteiger partial charge is 0.493 e. The predicted molar refractivity (Wildman–Crippen MR) is 67.3 cm³/mol. The van der Waals surface area contributed by atoms with Gasteiger partial charge in [-0.15, -0.1) is 0 Å². The molecule has 100 valence electrons. The molecule has 19 heavy (non-hydrogen) atoms. The topological polar surface area (TPSA) is 35.2 Å². The highest BCUT2D eigenvalue weighted by molar-refractivity contribution is 5.73. The third kappa shape index (κ3) is 2.65. The quantitative estimate of drug-likeness (QED) is 0.679. The van der Waals surface area contributed by atoms with E-state index in [1.165, 1.54) is 0 Å². The summed E-state index contributed by atoms with van der Waals surface area (Å²) in [6.07, 6.45) is 0. The van der Waals surface area contributed by atoms with Crippen molar-refractivity contribution in [3.8, 4) is 16.9 Å². The molecule has 0 fully saturated rings. The lowest BCUT2D eigenvalue weighted by molar-refractivity contribution is 0.342. The zero-order chi connectivity index (χ0) is 14.0. The first-order chi connectivity index (χ1) is 9.02. The number of hydrogen-bond acceptors (Lipinski definition) is 2. The van der Waals surface area contributed by atoms with Gasteiger partial charge in [0.05, 0.1) is 6.61 Å². The predicted octanol–water partition coefficient (Wildman–Crippen LogP) is 3.75. The highest BCUT2D eigenvalue weighted by atomic mass is 19.2. The van der Waals surface area contributed by atoms with E-state index in [4.69, 9.17) is 10.5 Å². The van der Waals surface area contributed by atoms with Crippen molar-refractivity contribution in [3.05, 3.63) is 47.8 Å². The van der Waals surface area contributed by atoms with Crippen molar-refractivity contribution in [1.82, 2.24) is 0 Å². The van der Waals surface area contributed by atoms with Crippen molar-refractivity contribution < 1.29 is 17.9 Å². The standard InChI is InChI=1S/C14H12F3NO/c1-2-19-13-7-9(18)3-4-10(13)8-5-11(15)14(17)12(16)6-8/h3-7H,2,18H2,1H3. The minimum Gasteiger partial charge on any atom is -0.493 e. The SMILES string of the molecule is CCOc1cc(N)ccc1-c1cc(F)c(F)c(F)c1. The fourth-order valence-electron chi connectivity index (χ4n) is 1.76. The van der Waals surface area contributed by atoms with Crippen LogP contribution in [0.5, 0.6) is 5.75 Å². The second-order valence-electron chi connectivity index (χ2n) is 3.94. The van der Waals surface area contributed by atoms with Gasteiger partial charge in [-0.1, -0.05) is 0 Å². The van der Waals surface area contributed by atoms with E-state index in [1.54, 1.807) is 25.1 Å². The Hall–Kier alpha value is -2.17. The number of ether oxygens (including phenoxy) is 1. The van der Waals surface area contributed by atoms with Crippen molar-refractivity contribution in [1.29, 1.82) is 0 Å². The molecule has 0 amide bonds. The third-order valence-corrected chi connectivity index (χ3v) is 2.60. The summed E-state index contributed by atoms with van der Waals surface area (Å²) in [5.41, 5.74) is 6.75. The van der Waals surface area contributed by atoms with Crippen LogP contribution in [0.3, 0.4) is 0 Å². The Morgan fingerprint density at radius 3 is 2.26 bits per heavy atom. The summed E-state index contributed by atoms with van der Waals surface area (Å²) in [5, 5.41) is 0. The van der Waals surface area contributed by atoms with Crippen molar-refractivity contribution in [2.24, 2.45) is 0 Å². The van der Waals surface area contributed by atoms with E-state index in [2.05, 4.69) is 0 Å². The molecule has 0 atom stereocenters. The molecule has 0 aliphatic heterocycles. The fraction of sp³-hybridized carbons (Fsp3) is 0.143. The number of nitrogens with two attached hydrogens (primary N) is 1. The number of hydrogen-bond donors (Lipinski definition) is 1. The first kappa shape index (κ1) is 13.3. The van der Waals surface area contributed by atoms with Crippen LogP contribution in [-0.4, -0.2) is 6.61 Å². The van der Waals surface area contributed by atoms with E-state index >= 15 is 0 Å². The van der Waals surface area contributed by atoms with E-state index in [1.807, 2.05) is 0 Å². The van der Waals surface area contributed by atoms with Gasteiger partial charge in [0.25, 0.3) is 0 Å². The first-order valence-corrected chi connectivity index (χ1v) is 5.70. The van der Waals surface area contributed by atoms with Gasteiger partial charge in [-0.2, -0.15) is 0 Å². The van der Waals surface area contributed by atoms with Gasteiger partial charge in [0, 0.05) is 17.3 Å². The molecule has 0 spiro atoms. The molecule has 0 saturated heterocycles. The highest BCUT2D eigenvalue weighted by Crippen LogP contribution is 2.33. The maximum Gasteiger partial charge on any atom is 0.194 e. The van der Waals surface area contributed by atoms with Crippen LogP contribution in [0.15, 0.2) is 30.3 Å². The van der Waals surface area contributed by atoms with Crippen molar-refractivity contribution in [2.75, 3.05) is 12.3 Å². The Morgan fingerprint density at radius 2 is 1.68 bits per heavy atom. The van der Waals surface area contributed by atoms with Gasteiger partial charge in [0.2, 0.25) is 0 Å². The second kappa shape index (κ2) is 5.22. The van der Waals surface area contributed by atoms with Gasteiger partial charge in [-0.25, -0.2) is 13.2 Å². The van der Waals surface area contributed by atoms with Gasteiger partial charge in [-0.3, -0.25) is 0 Å². The van der Waals surface area contributed by atoms with Crippen LogP contribution in [0, 0.1) is 17.5 Å². The Morgan fingerprint density at radius 1 is 1.05 bits per heavy atom. The average Bonchev–Trinajstić information content (AvgIpc) is 2.36. The fourth-order valence-corrected chi connectivity index (χ4v) is 1.76. The molecule has 0 heterocycles. The summed E-state index contributed by atoms with van der Waals surface area (Å²) in [4.78, 5) is 0. The monoisotopic (exact) mass is 267 g/mol. The minimum absolute atomic E-state index is 0.194. The van der Waals surface area contributed by atoms with E-state index in [0.717, 1.165) is 12.1 Å². The van der Waals surface area contributed by atoms with Crippen molar-refractivity contribution >= 4 is 5.69 Å². The molecular weight excluding hydrogens is 255 g/mol. The molecule has 2 rings (SSSR count). The summed E-state index contributed by atoms with van der Waals surface area (Å²) < 4.78 is 44.8. The number of halogens is 3. The molecule has 0 unspecified atom stereocenters. The van der Waals surface area contributed by atoms with Gasteiger partial charge < -0.3 is 10.5 Å². The molecule has 0 radical (unpaired) electrons. The molecule has 0 aliphatic rings. The smallest absolute Gasteiger partial charge is 0.194 e. The first-order valence-electron chi connectivity index (χ1n) is 5.70. The number of rotatable bonds is 3. The summed E-state index contributed by atoms with van der Waals surface area (Å²) in [6, 6.07) is 6.56. The lowest BCUT2D eigenvalue weighted by Gasteiger charge is -2.11. The molecule has 2 aromatic carbocycles. The summed E-state index contributed by atoms with van der Waals surface area (Å²) in [7, 11) is 0. The van der Waals surface area contributed by atoms with Gasteiger partial charge in [0.15, 0.2) is 17.5 Å². The normalized spacial score (nSPS) is 10.5. The molecule has 2 aromatic rings.